The van der Waals surface area contributed by atoms with Gasteiger partial charge in [0.25, 0.3) is 6.54 Å². The number of nitrogens with zero attached hydrogens (tertiary/aromatic N) is 1. The third-order valence-corrected chi connectivity index (χ3v) is 3.03. The fourth-order valence-corrected chi connectivity index (χ4v) is 2.45. The molecular weight excluding hydrogens is 168 g/mol. The first kappa shape index (κ1) is 8.66. The van der Waals surface area contributed by atoms with E-state index in [0.717, 1.165) is 25.7 Å². The minimum atomic E-state index is -0.185. The Labute approximate surface area is 77.2 Å². The Balaban J connectivity index is 2.11. The van der Waals surface area contributed by atoms with Crippen molar-refractivity contribution >= 4 is 5.78 Å². The van der Waals surface area contributed by atoms with Crippen LogP contribution in [0.4, 0.5) is 0 Å². The zero-order valence-electron chi connectivity index (χ0n) is 7.71. The first-order valence-corrected chi connectivity index (χ1v) is 4.94. The molecule has 2 fully saturated rings. The van der Waals surface area contributed by atoms with E-state index in [2.05, 4.69) is 5.43 Å². The number of hydrogen-bond acceptors (Lipinski definition) is 2. The number of carbonyl (C=O) groups excluding carboxylic acids is 1. The van der Waals surface area contributed by atoms with Gasteiger partial charge in [0.15, 0.2) is 0 Å². The maximum absolute atomic E-state index is 11.3. The Morgan fingerprint density at radius 3 is 2.54 bits per heavy atom. The van der Waals surface area contributed by atoms with Gasteiger partial charge in [0.2, 0.25) is 5.78 Å². The van der Waals surface area contributed by atoms with E-state index in [-0.39, 0.29) is 17.9 Å². The van der Waals surface area contributed by atoms with Crippen molar-refractivity contribution in [2.45, 2.75) is 44.1 Å². The number of ketones is 1. The van der Waals surface area contributed by atoms with Crippen LogP contribution in [0.2, 0.25) is 0 Å². The molecule has 0 radical (unpaired) electrons. The molecular formula is C9H15N2O2+. The Morgan fingerprint density at radius 2 is 1.92 bits per heavy atom. The second kappa shape index (κ2) is 3.09. The standard InChI is InChI=1S/C9H15N2O2/c12-8-6-9(10-11(13)7-8)4-2-1-3-5-9/h1-7H2,(H,10,13)/q+1. The Kier molecular flexibility index (Phi) is 2.06. The predicted molar refractivity (Wildman–Crippen MR) is 47.1 cm³/mol. The van der Waals surface area contributed by atoms with Gasteiger partial charge in [0, 0.05) is 6.42 Å². The highest BCUT2D eigenvalue weighted by molar-refractivity contribution is 5.81. The van der Waals surface area contributed by atoms with Gasteiger partial charge < -0.3 is 0 Å². The molecule has 1 saturated carbocycles. The molecule has 0 unspecified atom stereocenters. The summed E-state index contributed by atoms with van der Waals surface area (Å²) in [5.74, 6) is 0.0793. The van der Waals surface area contributed by atoms with E-state index < -0.39 is 0 Å². The summed E-state index contributed by atoms with van der Waals surface area (Å²) in [5.41, 5.74) is 2.73. The summed E-state index contributed by atoms with van der Waals surface area (Å²) >= 11 is 0. The summed E-state index contributed by atoms with van der Waals surface area (Å²) in [6.45, 7) is 0.0156. The first-order valence-electron chi connectivity index (χ1n) is 4.94. The molecule has 4 heteroatoms. The van der Waals surface area contributed by atoms with Crippen molar-refractivity contribution in [3.05, 3.63) is 4.91 Å². The van der Waals surface area contributed by atoms with Gasteiger partial charge >= 0.3 is 0 Å². The Bertz CT molecular complexity index is 226. The minimum absolute atomic E-state index is 0.0156. The molecule has 1 saturated heterocycles. The second-order valence-corrected chi connectivity index (χ2v) is 4.20. The van der Waals surface area contributed by atoms with Crippen LogP contribution in [0.5, 0.6) is 0 Å². The molecule has 1 N–H and O–H groups in total. The maximum atomic E-state index is 11.3. The van der Waals surface area contributed by atoms with Gasteiger partial charge in [0.05, 0.1) is 4.91 Å². The van der Waals surface area contributed by atoms with E-state index in [1.807, 2.05) is 0 Å². The van der Waals surface area contributed by atoms with Crippen molar-refractivity contribution in [1.82, 2.24) is 5.43 Å². The topological polar surface area (TPSA) is 49.2 Å². The lowest BCUT2D eigenvalue weighted by Gasteiger charge is -2.35. The monoisotopic (exact) mass is 183 g/mol. The van der Waals surface area contributed by atoms with Crippen molar-refractivity contribution in [3.8, 4) is 0 Å². The molecule has 1 aliphatic heterocycles. The van der Waals surface area contributed by atoms with E-state index in [1.165, 1.54) is 6.42 Å². The van der Waals surface area contributed by atoms with Gasteiger partial charge in [-0.3, -0.25) is 4.79 Å². The molecule has 0 aromatic rings. The van der Waals surface area contributed by atoms with Gasteiger partial charge in [-0.05, 0) is 12.8 Å². The fraction of sp³-hybridized carbons (Fsp3) is 0.889. The van der Waals surface area contributed by atoms with Crippen molar-refractivity contribution in [2.75, 3.05) is 6.54 Å². The zero-order chi connectivity index (χ0) is 9.31. The highest BCUT2D eigenvalue weighted by Crippen LogP contribution is 2.32. The maximum Gasteiger partial charge on any atom is 0.282 e. The van der Waals surface area contributed by atoms with E-state index in [4.69, 9.17) is 0 Å². The molecule has 2 rings (SSSR count). The van der Waals surface area contributed by atoms with E-state index in [1.54, 1.807) is 0 Å². The molecule has 4 nitrogen and oxygen atoms in total. The molecule has 0 bridgehead atoms. The zero-order valence-corrected chi connectivity index (χ0v) is 7.71. The number of nitroso groups, excluding NO2 is 1. The van der Waals surface area contributed by atoms with Crippen molar-refractivity contribution < 1.29 is 9.66 Å². The smallest absolute Gasteiger partial charge is 0.282 e. The SMILES string of the molecule is O=C1C[N+](=O)NC2(CCCCC2)C1. The first-order chi connectivity index (χ1) is 6.20. The highest BCUT2D eigenvalue weighted by Gasteiger charge is 2.44. The van der Waals surface area contributed by atoms with Gasteiger partial charge in [0.1, 0.15) is 10.4 Å². The molecule has 1 heterocycles. The van der Waals surface area contributed by atoms with E-state index in [0.29, 0.717) is 11.3 Å². The van der Waals surface area contributed by atoms with Crippen molar-refractivity contribution in [3.63, 3.8) is 0 Å². The molecule has 1 spiro atoms. The summed E-state index contributed by atoms with van der Waals surface area (Å²) in [6.07, 6.45) is 5.99. The number of nitrogens with one attached hydrogen (secondary N) is 1. The molecule has 0 aromatic carbocycles. The number of hydrazine groups is 1. The summed E-state index contributed by atoms with van der Waals surface area (Å²) in [4.78, 5) is 23.1. The van der Waals surface area contributed by atoms with Crippen LogP contribution in [0.3, 0.4) is 0 Å². The van der Waals surface area contributed by atoms with E-state index in [9.17, 15) is 9.70 Å². The lowest BCUT2D eigenvalue weighted by atomic mass is 9.78. The summed E-state index contributed by atoms with van der Waals surface area (Å²) in [5, 5.41) is 0. The van der Waals surface area contributed by atoms with Crippen LogP contribution in [0.15, 0.2) is 0 Å². The van der Waals surface area contributed by atoms with E-state index >= 15 is 0 Å². The van der Waals surface area contributed by atoms with Crippen LogP contribution in [-0.4, -0.2) is 22.7 Å². The quantitative estimate of drug-likeness (QED) is 0.569. The van der Waals surface area contributed by atoms with Crippen LogP contribution in [0, 0.1) is 4.91 Å². The summed E-state index contributed by atoms with van der Waals surface area (Å²) < 4.78 is 0. The molecule has 0 aromatic heterocycles. The fourth-order valence-electron chi connectivity index (χ4n) is 2.45. The predicted octanol–water partition coefficient (Wildman–Crippen LogP) is 0.946. The number of carbonyl (C=O) groups is 1. The molecule has 0 atom stereocenters. The Morgan fingerprint density at radius 1 is 1.23 bits per heavy atom. The number of hydrogen-bond donors (Lipinski definition) is 1. The molecule has 72 valence electrons. The average Bonchev–Trinajstić information content (AvgIpc) is 2.02. The van der Waals surface area contributed by atoms with Crippen LogP contribution >= 0.6 is 0 Å². The van der Waals surface area contributed by atoms with Crippen LogP contribution in [-0.2, 0) is 4.79 Å². The number of rotatable bonds is 0. The van der Waals surface area contributed by atoms with Gasteiger partial charge in [-0.2, -0.15) is 0 Å². The third-order valence-electron chi connectivity index (χ3n) is 3.03. The summed E-state index contributed by atoms with van der Waals surface area (Å²) in [7, 11) is 0. The van der Waals surface area contributed by atoms with Gasteiger partial charge in [-0.1, -0.05) is 19.3 Å². The van der Waals surface area contributed by atoms with Gasteiger partial charge in [-0.25, -0.2) is 0 Å². The molecule has 2 aliphatic rings. The largest absolute Gasteiger partial charge is 0.292 e. The highest BCUT2D eigenvalue weighted by atomic mass is 16.3. The molecule has 0 amide bonds. The van der Waals surface area contributed by atoms with Gasteiger partial charge in [-0.15, -0.1) is 5.43 Å². The van der Waals surface area contributed by atoms with Crippen LogP contribution < -0.4 is 5.43 Å². The normalized spacial score (nSPS) is 27.4. The molecule has 1 aliphatic carbocycles. The lowest BCUT2D eigenvalue weighted by Crippen LogP contribution is -2.57. The van der Waals surface area contributed by atoms with Crippen LogP contribution in [0.25, 0.3) is 0 Å². The minimum Gasteiger partial charge on any atom is -0.292 e. The van der Waals surface area contributed by atoms with Crippen molar-refractivity contribution in [2.24, 2.45) is 0 Å². The second-order valence-electron chi connectivity index (χ2n) is 4.20. The van der Waals surface area contributed by atoms with Crippen LogP contribution in [0.1, 0.15) is 38.5 Å². The number of Topliss-reactive ketones (excluding diaryl/α,β-unsaturated/α-hetero) is 1. The Hall–Kier alpha value is -0.930. The van der Waals surface area contributed by atoms with Crippen molar-refractivity contribution in [1.29, 1.82) is 0 Å². The summed E-state index contributed by atoms with van der Waals surface area (Å²) in [6, 6.07) is 0. The molecule has 13 heavy (non-hydrogen) atoms. The lowest BCUT2D eigenvalue weighted by molar-refractivity contribution is -0.617. The third kappa shape index (κ3) is 1.71. The average molecular weight is 183 g/mol.